The summed E-state index contributed by atoms with van der Waals surface area (Å²) in [6, 6.07) is 8.36. The number of ether oxygens (including phenoxy) is 2. The predicted octanol–water partition coefficient (Wildman–Crippen LogP) is 6.77. The number of hydrogen-bond donors (Lipinski definition) is 0. The Labute approximate surface area is 164 Å². The van der Waals surface area contributed by atoms with Crippen LogP contribution in [0.5, 0.6) is 0 Å². The molecule has 1 saturated heterocycles. The van der Waals surface area contributed by atoms with Crippen LogP contribution < -0.4 is 0 Å². The SMILES string of the molecule is CC(C=CC1=C(C)CCCC1(C)C)=CC=Cc1ccc(C2OCCO2)cc1. The molecule has 2 aliphatic rings. The lowest BCUT2D eigenvalue weighted by atomic mass is 9.72. The van der Waals surface area contributed by atoms with E-state index < -0.39 is 0 Å². The topological polar surface area (TPSA) is 18.5 Å². The summed E-state index contributed by atoms with van der Waals surface area (Å²) in [6.07, 6.45) is 14.6. The zero-order chi connectivity index (χ0) is 19.3. The quantitative estimate of drug-likeness (QED) is 0.536. The third kappa shape index (κ3) is 5.31. The van der Waals surface area contributed by atoms with Gasteiger partial charge in [-0.1, -0.05) is 79.6 Å². The molecule has 1 aromatic rings. The van der Waals surface area contributed by atoms with Crippen LogP contribution in [0.3, 0.4) is 0 Å². The average molecular weight is 365 g/mol. The van der Waals surface area contributed by atoms with Gasteiger partial charge < -0.3 is 9.47 Å². The van der Waals surface area contributed by atoms with Gasteiger partial charge in [-0.05, 0) is 49.7 Å². The summed E-state index contributed by atoms with van der Waals surface area (Å²) in [4.78, 5) is 0. The first kappa shape index (κ1) is 19.9. The molecule has 0 saturated carbocycles. The van der Waals surface area contributed by atoms with Crippen molar-refractivity contribution >= 4 is 6.08 Å². The highest BCUT2D eigenvalue weighted by molar-refractivity contribution is 5.52. The van der Waals surface area contributed by atoms with Gasteiger partial charge in [-0.3, -0.25) is 0 Å². The maximum absolute atomic E-state index is 5.53. The van der Waals surface area contributed by atoms with Crippen molar-refractivity contribution in [2.45, 2.75) is 53.2 Å². The van der Waals surface area contributed by atoms with Crippen LogP contribution in [0.1, 0.15) is 64.4 Å². The molecule has 0 spiro atoms. The van der Waals surface area contributed by atoms with Crippen molar-refractivity contribution < 1.29 is 9.47 Å². The van der Waals surface area contributed by atoms with Crippen LogP contribution >= 0.6 is 0 Å². The fourth-order valence-electron chi connectivity index (χ4n) is 3.91. The normalized spacial score (nSPS) is 21.7. The Morgan fingerprint density at radius 1 is 1.07 bits per heavy atom. The van der Waals surface area contributed by atoms with Crippen molar-refractivity contribution in [3.63, 3.8) is 0 Å². The number of hydrogen-bond acceptors (Lipinski definition) is 2. The van der Waals surface area contributed by atoms with Crippen LogP contribution in [-0.2, 0) is 9.47 Å². The van der Waals surface area contributed by atoms with Gasteiger partial charge in [0.1, 0.15) is 0 Å². The minimum atomic E-state index is -0.197. The Morgan fingerprint density at radius 2 is 1.78 bits per heavy atom. The molecule has 0 atom stereocenters. The summed E-state index contributed by atoms with van der Waals surface area (Å²) in [7, 11) is 0. The van der Waals surface area contributed by atoms with Crippen LogP contribution in [0.25, 0.3) is 6.08 Å². The molecule has 1 heterocycles. The summed E-state index contributed by atoms with van der Waals surface area (Å²) in [5, 5.41) is 0. The van der Waals surface area contributed by atoms with E-state index in [1.807, 2.05) is 0 Å². The largest absolute Gasteiger partial charge is 0.346 e. The molecular formula is C25H32O2. The highest BCUT2D eigenvalue weighted by atomic mass is 16.7. The lowest BCUT2D eigenvalue weighted by molar-refractivity contribution is -0.0441. The predicted molar refractivity (Wildman–Crippen MR) is 113 cm³/mol. The summed E-state index contributed by atoms with van der Waals surface area (Å²) >= 11 is 0. The third-order valence-corrected chi connectivity index (χ3v) is 5.53. The van der Waals surface area contributed by atoms with E-state index in [9.17, 15) is 0 Å². The van der Waals surface area contributed by atoms with E-state index in [1.54, 1.807) is 5.57 Å². The molecule has 0 bridgehead atoms. The van der Waals surface area contributed by atoms with Crippen LogP contribution in [0.2, 0.25) is 0 Å². The molecule has 0 amide bonds. The maximum atomic E-state index is 5.53. The summed E-state index contributed by atoms with van der Waals surface area (Å²) in [5.41, 5.74) is 6.87. The van der Waals surface area contributed by atoms with Crippen LogP contribution in [0.4, 0.5) is 0 Å². The number of benzene rings is 1. The Hall–Kier alpha value is -1.90. The van der Waals surface area contributed by atoms with E-state index in [1.165, 1.54) is 36.0 Å². The second kappa shape index (κ2) is 8.86. The van der Waals surface area contributed by atoms with Crippen molar-refractivity contribution in [2.75, 3.05) is 13.2 Å². The highest BCUT2D eigenvalue weighted by Crippen LogP contribution is 2.40. The smallest absolute Gasteiger partial charge is 0.184 e. The van der Waals surface area contributed by atoms with Crippen molar-refractivity contribution in [1.82, 2.24) is 0 Å². The number of rotatable bonds is 5. The monoisotopic (exact) mass is 364 g/mol. The van der Waals surface area contributed by atoms with Crippen LogP contribution in [-0.4, -0.2) is 13.2 Å². The molecule has 2 nitrogen and oxygen atoms in total. The molecule has 144 valence electrons. The second-order valence-electron chi connectivity index (χ2n) is 8.27. The van der Waals surface area contributed by atoms with E-state index in [2.05, 4.69) is 82.3 Å². The summed E-state index contributed by atoms with van der Waals surface area (Å²) in [5.74, 6) is 0. The van der Waals surface area contributed by atoms with Gasteiger partial charge in [0.2, 0.25) is 0 Å². The van der Waals surface area contributed by atoms with E-state index >= 15 is 0 Å². The average Bonchev–Trinajstić information content (AvgIpc) is 3.16. The second-order valence-corrected chi connectivity index (χ2v) is 8.27. The van der Waals surface area contributed by atoms with Crippen molar-refractivity contribution in [3.05, 3.63) is 76.4 Å². The van der Waals surface area contributed by atoms with Crippen molar-refractivity contribution in [2.24, 2.45) is 5.41 Å². The van der Waals surface area contributed by atoms with Crippen LogP contribution in [0, 0.1) is 5.41 Å². The minimum absolute atomic E-state index is 0.197. The van der Waals surface area contributed by atoms with Gasteiger partial charge >= 0.3 is 0 Å². The highest BCUT2D eigenvalue weighted by Gasteiger charge is 2.26. The van der Waals surface area contributed by atoms with Gasteiger partial charge in [0.15, 0.2) is 6.29 Å². The van der Waals surface area contributed by atoms with Gasteiger partial charge in [0.05, 0.1) is 13.2 Å². The molecule has 0 N–H and O–H groups in total. The first-order chi connectivity index (χ1) is 13.0. The maximum Gasteiger partial charge on any atom is 0.184 e. The van der Waals surface area contributed by atoms with E-state index in [0.29, 0.717) is 18.6 Å². The lowest BCUT2D eigenvalue weighted by Crippen LogP contribution is -2.19. The summed E-state index contributed by atoms with van der Waals surface area (Å²) in [6.45, 7) is 10.5. The fraction of sp³-hybridized carbons (Fsp3) is 0.440. The third-order valence-electron chi connectivity index (χ3n) is 5.53. The molecule has 1 aliphatic heterocycles. The Kier molecular flexibility index (Phi) is 6.51. The minimum Gasteiger partial charge on any atom is -0.346 e. The van der Waals surface area contributed by atoms with Crippen molar-refractivity contribution in [3.8, 4) is 0 Å². The molecule has 2 heteroatoms. The molecule has 0 aromatic heterocycles. The molecule has 1 fully saturated rings. The fourth-order valence-corrected chi connectivity index (χ4v) is 3.91. The lowest BCUT2D eigenvalue weighted by Gasteiger charge is -2.32. The molecular weight excluding hydrogens is 332 g/mol. The molecule has 3 rings (SSSR count). The van der Waals surface area contributed by atoms with Crippen molar-refractivity contribution in [1.29, 1.82) is 0 Å². The van der Waals surface area contributed by atoms with Crippen LogP contribution in [0.15, 0.2) is 65.3 Å². The van der Waals surface area contributed by atoms with Gasteiger partial charge in [-0.25, -0.2) is 0 Å². The first-order valence-electron chi connectivity index (χ1n) is 10.0. The standard InChI is InChI=1S/C25H32O2/c1-19(10-15-23-20(2)8-6-16-25(23,3)4)7-5-9-21-11-13-22(14-12-21)24-26-17-18-27-24/h5,7,9-15,24H,6,8,16-18H2,1-4H3. The van der Waals surface area contributed by atoms with Gasteiger partial charge in [-0.2, -0.15) is 0 Å². The van der Waals surface area contributed by atoms with Gasteiger partial charge in [0, 0.05) is 5.56 Å². The number of allylic oxidation sites excluding steroid dienone is 7. The van der Waals surface area contributed by atoms with E-state index in [4.69, 9.17) is 9.47 Å². The molecule has 27 heavy (non-hydrogen) atoms. The van der Waals surface area contributed by atoms with Gasteiger partial charge in [0.25, 0.3) is 0 Å². The molecule has 0 unspecified atom stereocenters. The molecule has 0 radical (unpaired) electrons. The Bertz CT molecular complexity index is 754. The Morgan fingerprint density at radius 3 is 2.44 bits per heavy atom. The van der Waals surface area contributed by atoms with E-state index in [-0.39, 0.29) is 6.29 Å². The molecule has 1 aromatic carbocycles. The summed E-state index contributed by atoms with van der Waals surface area (Å²) < 4.78 is 11.1. The first-order valence-corrected chi connectivity index (χ1v) is 10.0. The van der Waals surface area contributed by atoms with E-state index in [0.717, 1.165) is 5.56 Å². The molecule has 1 aliphatic carbocycles. The van der Waals surface area contributed by atoms with Gasteiger partial charge in [-0.15, -0.1) is 0 Å². The Balaban J connectivity index is 1.61. The zero-order valence-electron chi connectivity index (χ0n) is 17.1. The zero-order valence-corrected chi connectivity index (χ0v) is 17.1.